The van der Waals surface area contributed by atoms with Gasteiger partial charge >= 0.3 is 5.97 Å². The smallest absolute Gasteiger partial charge is 0.325 e. The first kappa shape index (κ1) is 15.5. The van der Waals surface area contributed by atoms with Crippen molar-refractivity contribution in [2.45, 2.75) is 6.92 Å². The molecule has 0 unspecified atom stereocenters. The lowest BCUT2D eigenvalue weighted by molar-refractivity contribution is -0.140. The van der Waals surface area contributed by atoms with Gasteiger partial charge < -0.3 is 15.4 Å². The van der Waals surface area contributed by atoms with E-state index in [1.165, 1.54) is 0 Å². The number of carbonyl (C=O) groups excluding carboxylic acids is 2. The van der Waals surface area contributed by atoms with E-state index in [4.69, 9.17) is 4.74 Å². The standard InChI is InChI=1S/C16H17N3O3/c1-2-22-14(20)11-18-15-13(9-6-10-17-15)19-16(21)12-7-4-3-5-8-12/h3-10H,2,11H2,1H3,(H,17,18)(H,19,21). The third-order valence-corrected chi connectivity index (χ3v) is 2.80. The van der Waals surface area contributed by atoms with E-state index in [1.54, 1.807) is 49.5 Å². The van der Waals surface area contributed by atoms with Crippen LogP contribution in [-0.4, -0.2) is 30.0 Å². The van der Waals surface area contributed by atoms with E-state index in [0.29, 0.717) is 23.7 Å². The molecular weight excluding hydrogens is 282 g/mol. The Balaban J connectivity index is 2.05. The van der Waals surface area contributed by atoms with Crippen LogP contribution in [0.15, 0.2) is 48.7 Å². The van der Waals surface area contributed by atoms with E-state index in [1.807, 2.05) is 6.07 Å². The van der Waals surface area contributed by atoms with Gasteiger partial charge in [-0.05, 0) is 31.2 Å². The highest BCUT2D eigenvalue weighted by atomic mass is 16.5. The molecule has 2 N–H and O–H groups in total. The van der Waals surface area contributed by atoms with Crippen LogP contribution in [0, 0.1) is 0 Å². The van der Waals surface area contributed by atoms with E-state index in [2.05, 4.69) is 15.6 Å². The lowest BCUT2D eigenvalue weighted by Gasteiger charge is -2.11. The maximum Gasteiger partial charge on any atom is 0.325 e. The molecule has 1 amide bonds. The van der Waals surface area contributed by atoms with E-state index in [-0.39, 0.29) is 18.4 Å². The summed E-state index contributed by atoms with van der Waals surface area (Å²) in [4.78, 5) is 27.6. The summed E-state index contributed by atoms with van der Waals surface area (Å²) in [5, 5.41) is 5.62. The molecule has 0 saturated heterocycles. The summed E-state index contributed by atoms with van der Waals surface area (Å²) in [6.07, 6.45) is 1.58. The molecule has 0 radical (unpaired) electrons. The summed E-state index contributed by atoms with van der Waals surface area (Å²) in [6, 6.07) is 12.3. The maximum absolute atomic E-state index is 12.1. The molecule has 0 bridgehead atoms. The number of hydrogen-bond donors (Lipinski definition) is 2. The summed E-state index contributed by atoms with van der Waals surface area (Å²) < 4.78 is 4.84. The molecule has 0 aliphatic heterocycles. The number of ether oxygens (including phenoxy) is 1. The SMILES string of the molecule is CCOC(=O)CNc1ncccc1NC(=O)c1ccccc1. The molecule has 6 nitrogen and oxygen atoms in total. The Bertz CT molecular complexity index is 644. The van der Waals surface area contributed by atoms with E-state index < -0.39 is 0 Å². The van der Waals surface area contributed by atoms with E-state index in [9.17, 15) is 9.59 Å². The highest BCUT2D eigenvalue weighted by Gasteiger charge is 2.10. The third-order valence-electron chi connectivity index (χ3n) is 2.80. The summed E-state index contributed by atoms with van der Waals surface area (Å²) in [7, 11) is 0. The molecule has 1 heterocycles. The lowest BCUT2D eigenvalue weighted by Crippen LogP contribution is -2.19. The number of carbonyl (C=O) groups is 2. The zero-order chi connectivity index (χ0) is 15.8. The van der Waals surface area contributed by atoms with Crippen molar-refractivity contribution in [3.8, 4) is 0 Å². The van der Waals surface area contributed by atoms with Gasteiger partial charge in [0.1, 0.15) is 12.4 Å². The summed E-state index contributed by atoms with van der Waals surface area (Å²) in [5.74, 6) is -0.207. The van der Waals surface area contributed by atoms with Crippen LogP contribution in [0.5, 0.6) is 0 Å². The van der Waals surface area contributed by atoms with Crippen LogP contribution in [0.2, 0.25) is 0 Å². The largest absolute Gasteiger partial charge is 0.465 e. The third kappa shape index (κ3) is 4.31. The van der Waals surface area contributed by atoms with Crippen LogP contribution in [0.1, 0.15) is 17.3 Å². The molecule has 1 aromatic heterocycles. The average molecular weight is 299 g/mol. The number of pyridine rings is 1. The fourth-order valence-electron chi connectivity index (χ4n) is 1.80. The predicted octanol–water partition coefficient (Wildman–Crippen LogP) is 2.31. The van der Waals surface area contributed by atoms with Gasteiger partial charge in [-0.15, -0.1) is 0 Å². The number of anilines is 2. The van der Waals surface area contributed by atoms with Gasteiger partial charge in [-0.1, -0.05) is 18.2 Å². The van der Waals surface area contributed by atoms with Gasteiger partial charge in [0.25, 0.3) is 5.91 Å². The minimum atomic E-state index is -0.381. The van der Waals surface area contributed by atoms with Crippen LogP contribution in [0.4, 0.5) is 11.5 Å². The van der Waals surface area contributed by atoms with E-state index in [0.717, 1.165) is 0 Å². The second-order valence-electron chi connectivity index (χ2n) is 4.38. The Labute approximate surface area is 128 Å². The minimum absolute atomic E-state index is 0.0148. The molecule has 0 fully saturated rings. The summed E-state index contributed by atoms with van der Waals surface area (Å²) in [5.41, 5.74) is 1.04. The minimum Gasteiger partial charge on any atom is -0.465 e. The van der Waals surface area contributed by atoms with Crippen LogP contribution in [-0.2, 0) is 9.53 Å². The molecule has 1 aromatic carbocycles. The normalized spacial score (nSPS) is 9.86. The molecule has 0 saturated carbocycles. The highest BCUT2D eigenvalue weighted by Crippen LogP contribution is 2.18. The Kier molecular flexibility index (Phi) is 5.48. The van der Waals surface area contributed by atoms with Crippen molar-refractivity contribution in [2.24, 2.45) is 0 Å². The van der Waals surface area contributed by atoms with Crippen LogP contribution in [0.25, 0.3) is 0 Å². The van der Waals surface area contributed by atoms with Gasteiger partial charge in [-0.2, -0.15) is 0 Å². The Morgan fingerprint density at radius 3 is 2.64 bits per heavy atom. The Morgan fingerprint density at radius 1 is 1.14 bits per heavy atom. The molecule has 0 spiro atoms. The van der Waals surface area contributed by atoms with Crippen molar-refractivity contribution in [2.75, 3.05) is 23.8 Å². The first-order chi connectivity index (χ1) is 10.7. The van der Waals surface area contributed by atoms with Gasteiger partial charge in [-0.25, -0.2) is 4.98 Å². The van der Waals surface area contributed by atoms with Crippen LogP contribution in [0.3, 0.4) is 0 Å². The number of aromatic nitrogens is 1. The number of amides is 1. The van der Waals surface area contributed by atoms with Crippen molar-refractivity contribution in [3.63, 3.8) is 0 Å². The molecule has 6 heteroatoms. The van der Waals surface area contributed by atoms with Crippen molar-refractivity contribution < 1.29 is 14.3 Å². The number of hydrogen-bond acceptors (Lipinski definition) is 5. The van der Waals surface area contributed by atoms with Gasteiger partial charge in [-0.3, -0.25) is 9.59 Å². The van der Waals surface area contributed by atoms with Crippen molar-refractivity contribution in [1.82, 2.24) is 4.98 Å². The van der Waals surface area contributed by atoms with E-state index >= 15 is 0 Å². The Morgan fingerprint density at radius 2 is 1.91 bits per heavy atom. The molecular formula is C16H17N3O3. The number of nitrogens with one attached hydrogen (secondary N) is 2. The lowest BCUT2D eigenvalue weighted by atomic mass is 10.2. The fraction of sp³-hybridized carbons (Fsp3) is 0.188. The summed E-state index contributed by atoms with van der Waals surface area (Å²) >= 11 is 0. The predicted molar refractivity (Wildman–Crippen MR) is 83.8 cm³/mol. The monoisotopic (exact) mass is 299 g/mol. The van der Waals surface area contributed by atoms with Crippen LogP contribution < -0.4 is 10.6 Å². The van der Waals surface area contributed by atoms with Gasteiger partial charge in [0.2, 0.25) is 0 Å². The number of nitrogens with zero attached hydrogens (tertiary/aromatic N) is 1. The number of benzene rings is 1. The second kappa shape index (κ2) is 7.78. The zero-order valence-corrected chi connectivity index (χ0v) is 12.2. The molecule has 0 aliphatic carbocycles. The molecule has 22 heavy (non-hydrogen) atoms. The number of rotatable bonds is 6. The van der Waals surface area contributed by atoms with Crippen LogP contribution >= 0.6 is 0 Å². The first-order valence-electron chi connectivity index (χ1n) is 6.91. The zero-order valence-electron chi connectivity index (χ0n) is 12.2. The molecule has 0 atom stereocenters. The molecule has 0 aliphatic rings. The maximum atomic E-state index is 12.1. The molecule has 114 valence electrons. The topological polar surface area (TPSA) is 80.3 Å². The summed E-state index contributed by atoms with van der Waals surface area (Å²) in [6.45, 7) is 2.05. The second-order valence-corrected chi connectivity index (χ2v) is 4.38. The van der Waals surface area contributed by atoms with Gasteiger partial charge in [0, 0.05) is 11.8 Å². The average Bonchev–Trinajstić information content (AvgIpc) is 2.55. The van der Waals surface area contributed by atoms with Crippen molar-refractivity contribution >= 4 is 23.4 Å². The quantitative estimate of drug-likeness (QED) is 0.800. The van der Waals surface area contributed by atoms with Gasteiger partial charge in [0.15, 0.2) is 0 Å². The Hall–Kier alpha value is -2.89. The molecule has 2 aromatic rings. The highest BCUT2D eigenvalue weighted by molar-refractivity contribution is 6.05. The fourth-order valence-corrected chi connectivity index (χ4v) is 1.80. The number of esters is 1. The molecule has 2 rings (SSSR count). The van der Waals surface area contributed by atoms with Crippen molar-refractivity contribution in [1.29, 1.82) is 0 Å². The first-order valence-corrected chi connectivity index (χ1v) is 6.91. The van der Waals surface area contributed by atoms with Crippen molar-refractivity contribution in [3.05, 3.63) is 54.2 Å². The van der Waals surface area contributed by atoms with Gasteiger partial charge in [0.05, 0.1) is 12.3 Å².